The Balaban J connectivity index is 1.84. The average molecular weight is 261 g/mol. The van der Waals surface area contributed by atoms with Gasteiger partial charge in [0.2, 0.25) is 0 Å². The van der Waals surface area contributed by atoms with Crippen molar-refractivity contribution in [2.75, 3.05) is 13.2 Å². The molecule has 2 nitrogen and oxygen atoms in total. The van der Waals surface area contributed by atoms with Crippen molar-refractivity contribution in [3.05, 3.63) is 29.8 Å². The minimum absolute atomic E-state index is 0.421. The van der Waals surface area contributed by atoms with Crippen LogP contribution in [0, 0.1) is 5.41 Å². The van der Waals surface area contributed by atoms with Crippen molar-refractivity contribution in [1.29, 1.82) is 0 Å². The maximum Gasteiger partial charge on any atom is 0.119 e. The van der Waals surface area contributed by atoms with E-state index in [-0.39, 0.29) is 0 Å². The molecular weight excluding hydrogens is 234 g/mol. The number of nitrogens with one attached hydrogen (secondary N) is 1. The molecule has 0 radical (unpaired) electrons. The quantitative estimate of drug-likeness (QED) is 0.752. The standard InChI is InChI=1S/C17H27NO/c1-4-10-17(11-12-17)13-18-14(3)15-6-8-16(9-7-15)19-5-2/h6-9,14,18H,4-5,10-13H2,1-3H3. The third-order valence-corrected chi connectivity index (χ3v) is 4.21. The number of ether oxygens (including phenoxy) is 1. The van der Waals surface area contributed by atoms with Crippen molar-refractivity contribution in [2.45, 2.75) is 52.5 Å². The molecule has 1 aromatic rings. The molecule has 1 unspecified atom stereocenters. The van der Waals surface area contributed by atoms with Gasteiger partial charge in [0.15, 0.2) is 0 Å². The van der Waals surface area contributed by atoms with Gasteiger partial charge in [0.1, 0.15) is 5.75 Å². The second-order valence-electron chi connectivity index (χ2n) is 5.85. The fourth-order valence-electron chi connectivity index (χ4n) is 2.73. The van der Waals surface area contributed by atoms with Crippen LogP contribution in [0.4, 0.5) is 0 Å². The minimum atomic E-state index is 0.421. The van der Waals surface area contributed by atoms with Gasteiger partial charge in [-0.25, -0.2) is 0 Å². The lowest BCUT2D eigenvalue weighted by atomic mass is 9.99. The molecule has 0 aromatic heterocycles. The molecule has 1 aliphatic rings. The van der Waals surface area contributed by atoms with Gasteiger partial charge in [-0.2, -0.15) is 0 Å². The van der Waals surface area contributed by atoms with Crippen LogP contribution in [0.2, 0.25) is 0 Å². The summed E-state index contributed by atoms with van der Waals surface area (Å²) in [7, 11) is 0. The van der Waals surface area contributed by atoms with E-state index >= 15 is 0 Å². The Bertz CT molecular complexity index is 381. The fourth-order valence-corrected chi connectivity index (χ4v) is 2.73. The van der Waals surface area contributed by atoms with Crippen LogP contribution in [0.15, 0.2) is 24.3 Å². The van der Waals surface area contributed by atoms with Crippen molar-refractivity contribution in [3.8, 4) is 5.75 Å². The van der Waals surface area contributed by atoms with E-state index < -0.39 is 0 Å². The fraction of sp³-hybridized carbons (Fsp3) is 0.647. The second kappa shape index (κ2) is 6.42. The summed E-state index contributed by atoms with van der Waals surface area (Å²) in [6.07, 6.45) is 5.49. The summed E-state index contributed by atoms with van der Waals surface area (Å²) in [5.74, 6) is 0.961. The Morgan fingerprint density at radius 2 is 1.89 bits per heavy atom. The Hall–Kier alpha value is -1.02. The first-order chi connectivity index (χ1) is 9.19. The molecule has 2 rings (SSSR count). The van der Waals surface area contributed by atoms with Gasteiger partial charge < -0.3 is 10.1 Å². The number of benzene rings is 1. The zero-order chi connectivity index (χ0) is 13.7. The van der Waals surface area contributed by atoms with E-state index in [1.807, 2.05) is 6.92 Å². The molecule has 1 saturated carbocycles. The van der Waals surface area contributed by atoms with Gasteiger partial charge in [-0.3, -0.25) is 0 Å². The van der Waals surface area contributed by atoms with Crippen LogP contribution in [-0.4, -0.2) is 13.2 Å². The lowest BCUT2D eigenvalue weighted by molar-refractivity contribution is 0.340. The first-order valence-corrected chi connectivity index (χ1v) is 7.65. The van der Waals surface area contributed by atoms with Gasteiger partial charge in [-0.15, -0.1) is 0 Å². The normalized spacial score (nSPS) is 18.1. The number of hydrogen-bond donors (Lipinski definition) is 1. The van der Waals surface area contributed by atoms with Gasteiger partial charge >= 0.3 is 0 Å². The molecule has 0 spiro atoms. The first-order valence-electron chi connectivity index (χ1n) is 7.65. The molecule has 2 heteroatoms. The van der Waals surface area contributed by atoms with Crippen LogP contribution in [0.25, 0.3) is 0 Å². The van der Waals surface area contributed by atoms with Gasteiger partial charge in [0, 0.05) is 12.6 Å². The van der Waals surface area contributed by atoms with E-state index in [2.05, 4.69) is 43.4 Å². The van der Waals surface area contributed by atoms with Gasteiger partial charge in [0.05, 0.1) is 6.61 Å². The lowest BCUT2D eigenvalue weighted by Crippen LogP contribution is -2.26. The van der Waals surface area contributed by atoms with E-state index in [0.717, 1.165) is 18.9 Å². The Morgan fingerprint density at radius 1 is 1.21 bits per heavy atom. The summed E-state index contributed by atoms with van der Waals surface area (Å²) in [6, 6.07) is 8.89. The largest absolute Gasteiger partial charge is 0.494 e. The Kier molecular flexibility index (Phi) is 4.87. The molecular formula is C17H27NO. The maximum absolute atomic E-state index is 5.48. The molecule has 1 aliphatic carbocycles. The highest BCUT2D eigenvalue weighted by molar-refractivity contribution is 5.29. The minimum Gasteiger partial charge on any atom is -0.494 e. The lowest BCUT2D eigenvalue weighted by Gasteiger charge is -2.20. The SMILES string of the molecule is CCCC1(CNC(C)c2ccc(OCC)cc2)CC1. The molecule has 1 atom stereocenters. The van der Waals surface area contributed by atoms with E-state index in [1.165, 1.54) is 31.2 Å². The van der Waals surface area contributed by atoms with Crippen LogP contribution in [-0.2, 0) is 0 Å². The summed E-state index contributed by atoms with van der Waals surface area (Å²) in [5, 5.41) is 3.70. The Labute approximate surface area is 117 Å². The monoisotopic (exact) mass is 261 g/mol. The van der Waals surface area contributed by atoms with Crippen LogP contribution in [0.1, 0.15) is 58.1 Å². The van der Waals surface area contributed by atoms with Gasteiger partial charge in [-0.1, -0.05) is 25.5 Å². The van der Waals surface area contributed by atoms with Crippen molar-refractivity contribution < 1.29 is 4.74 Å². The highest BCUT2D eigenvalue weighted by atomic mass is 16.5. The molecule has 1 aromatic carbocycles. The van der Waals surface area contributed by atoms with Crippen LogP contribution in [0.3, 0.4) is 0 Å². The van der Waals surface area contributed by atoms with Gasteiger partial charge in [-0.05, 0) is 56.2 Å². The molecule has 0 amide bonds. The topological polar surface area (TPSA) is 21.3 Å². The maximum atomic E-state index is 5.48. The number of rotatable bonds is 8. The second-order valence-corrected chi connectivity index (χ2v) is 5.85. The zero-order valence-corrected chi connectivity index (χ0v) is 12.5. The predicted molar refractivity (Wildman–Crippen MR) is 80.6 cm³/mol. The first kappa shape index (κ1) is 14.4. The molecule has 106 valence electrons. The summed E-state index contributed by atoms with van der Waals surface area (Å²) >= 11 is 0. The van der Waals surface area contributed by atoms with E-state index in [4.69, 9.17) is 4.74 Å². The van der Waals surface area contributed by atoms with Crippen LogP contribution >= 0.6 is 0 Å². The smallest absolute Gasteiger partial charge is 0.119 e. The zero-order valence-electron chi connectivity index (χ0n) is 12.5. The third kappa shape index (κ3) is 3.97. The van der Waals surface area contributed by atoms with Crippen molar-refractivity contribution in [1.82, 2.24) is 5.32 Å². The summed E-state index contributed by atoms with van der Waals surface area (Å²) in [6.45, 7) is 8.44. The molecule has 0 aliphatic heterocycles. The van der Waals surface area contributed by atoms with E-state index in [9.17, 15) is 0 Å². The van der Waals surface area contributed by atoms with E-state index in [1.54, 1.807) is 0 Å². The molecule has 19 heavy (non-hydrogen) atoms. The third-order valence-electron chi connectivity index (χ3n) is 4.21. The van der Waals surface area contributed by atoms with Crippen LogP contribution < -0.4 is 10.1 Å². The van der Waals surface area contributed by atoms with Crippen LogP contribution in [0.5, 0.6) is 5.75 Å². The number of hydrogen-bond acceptors (Lipinski definition) is 2. The van der Waals surface area contributed by atoms with Crippen molar-refractivity contribution in [3.63, 3.8) is 0 Å². The molecule has 1 fully saturated rings. The van der Waals surface area contributed by atoms with Crippen molar-refractivity contribution in [2.24, 2.45) is 5.41 Å². The predicted octanol–water partition coefficient (Wildman–Crippen LogP) is 4.32. The van der Waals surface area contributed by atoms with Gasteiger partial charge in [0.25, 0.3) is 0 Å². The Morgan fingerprint density at radius 3 is 2.42 bits per heavy atom. The highest BCUT2D eigenvalue weighted by Gasteiger charge is 2.41. The molecule has 0 saturated heterocycles. The molecule has 0 bridgehead atoms. The van der Waals surface area contributed by atoms with E-state index in [0.29, 0.717) is 11.5 Å². The molecule has 1 N–H and O–H groups in total. The highest BCUT2D eigenvalue weighted by Crippen LogP contribution is 2.49. The summed E-state index contributed by atoms with van der Waals surface area (Å²) in [5.41, 5.74) is 1.96. The molecule has 0 heterocycles. The average Bonchev–Trinajstić information content (AvgIpc) is 3.18. The van der Waals surface area contributed by atoms with Crippen molar-refractivity contribution >= 4 is 0 Å². The summed E-state index contributed by atoms with van der Waals surface area (Å²) in [4.78, 5) is 0. The summed E-state index contributed by atoms with van der Waals surface area (Å²) < 4.78 is 5.48.